The first-order chi connectivity index (χ1) is 7.28. The minimum atomic E-state index is -0.269. The second-order valence-electron chi connectivity index (χ2n) is 2.91. The van der Waals surface area contributed by atoms with E-state index in [1.165, 1.54) is 23.5 Å². The predicted octanol–water partition coefficient (Wildman–Crippen LogP) is 3.76. The Morgan fingerprint density at radius 2 is 2.33 bits per heavy atom. The largest absolute Gasteiger partial charge is 0.331 e. The van der Waals surface area contributed by atoms with Crippen molar-refractivity contribution in [3.8, 4) is 0 Å². The molecule has 5 heteroatoms. The van der Waals surface area contributed by atoms with E-state index >= 15 is 0 Å². The van der Waals surface area contributed by atoms with E-state index in [-0.39, 0.29) is 5.82 Å². The van der Waals surface area contributed by atoms with Gasteiger partial charge in [-0.25, -0.2) is 9.37 Å². The van der Waals surface area contributed by atoms with E-state index in [2.05, 4.69) is 10.3 Å². The molecule has 0 unspecified atom stereocenters. The molecule has 0 aliphatic rings. The number of alkyl halides is 1. The van der Waals surface area contributed by atoms with Crippen LogP contribution in [0.5, 0.6) is 0 Å². The first-order valence-electron chi connectivity index (χ1n) is 4.31. The van der Waals surface area contributed by atoms with Crippen molar-refractivity contribution >= 4 is 33.8 Å². The Balaban J connectivity index is 2.14. The quantitative estimate of drug-likeness (QED) is 0.829. The summed E-state index contributed by atoms with van der Waals surface area (Å²) in [6.45, 7) is 0. The van der Waals surface area contributed by atoms with E-state index < -0.39 is 0 Å². The van der Waals surface area contributed by atoms with Crippen molar-refractivity contribution in [1.29, 1.82) is 0 Å². The predicted molar refractivity (Wildman–Crippen MR) is 61.4 cm³/mol. The lowest BCUT2D eigenvalue weighted by atomic mass is 10.3. The standard InChI is InChI=1S/C10H8ClFN2S/c11-5-9-6-15-10(14-9)13-8-3-1-2-7(12)4-8/h1-4,6H,5H2,(H,13,14). The average molecular weight is 243 g/mol. The van der Waals surface area contributed by atoms with Gasteiger partial charge in [0, 0.05) is 11.1 Å². The molecule has 2 aromatic rings. The van der Waals surface area contributed by atoms with Gasteiger partial charge in [-0.05, 0) is 18.2 Å². The maximum atomic E-state index is 12.9. The van der Waals surface area contributed by atoms with Gasteiger partial charge in [-0.3, -0.25) is 0 Å². The topological polar surface area (TPSA) is 24.9 Å². The summed E-state index contributed by atoms with van der Waals surface area (Å²) in [5, 5.41) is 5.60. The fourth-order valence-corrected chi connectivity index (χ4v) is 2.07. The van der Waals surface area contributed by atoms with Crippen LogP contribution in [0.15, 0.2) is 29.6 Å². The van der Waals surface area contributed by atoms with Crippen molar-refractivity contribution in [3.05, 3.63) is 41.2 Å². The number of rotatable bonds is 3. The fraction of sp³-hybridized carbons (Fsp3) is 0.100. The Labute approximate surface area is 95.7 Å². The third-order valence-electron chi connectivity index (χ3n) is 1.76. The van der Waals surface area contributed by atoms with Gasteiger partial charge >= 0.3 is 0 Å². The SMILES string of the molecule is Fc1cccc(Nc2nc(CCl)cs2)c1. The summed E-state index contributed by atoms with van der Waals surface area (Å²) in [6.07, 6.45) is 0. The van der Waals surface area contributed by atoms with Crippen LogP contribution in [-0.2, 0) is 5.88 Å². The third kappa shape index (κ3) is 2.67. The monoisotopic (exact) mass is 242 g/mol. The van der Waals surface area contributed by atoms with Crippen LogP contribution < -0.4 is 5.32 Å². The molecule has 0 aliphatic heterocycles. The van der Waals surface area contributed by atoms with Crippen molar-refractivity contribution in [1.82, 2.24) is 4.98 Å². The van der Waals surface area contributed by atoms with E-state index in [0.717, 1.165) is 10.8 Å². The molecule has 2 nitrogen and oxygen atoms in total. The zero-order valence-electron chi connectivity index (χ0n) is 7.71. The van der Waals surface area contributed by atoms with E-state index in [1.807, 2.05) is 5.38 Å². The summed E-state index contributed by atoms with van der Waals surface area (Å²) in [5.74, 6) is 0.121. The number of nitrogens with zero attached hydrogens (tertiary/aromatic N) is 1. The van der Waals surface area contributed by atoms with Crippen LogP contribution in [0.2, 0.25) is 0 Å². The van der Waals surface area contributed by atoms with Gasteiger partial charge in [0.1, 0.15) is 5.82 Å². The van der Waals surface area contributed by atoms with Crippen molar-refractivity contribution in [2.75, 3.05) is 5.32 Å². The molecule has 0 aliphatic carbocycles. The van der Waals surface area contributed by atoms with Crippen LogP contribution in [0, 0.1) is 5.82 Å². The molecule has 0 saturated carbocycles. The number of aromatic nitrogens is 1. The van der Waals surface area contributed by atoms with E-state index in [1.54, 1.807) is 12.1 Å². The van der Waals surface area contributed by atoms with Crippen LogP contribution in [0.1, 0.15) is 5.69 Å². The van der Waals surface area contributed by atoms with Gasteiger partial charge in [-0.15, -0.1) is 22.9 Å². The van der Waals surface area contributed by atoms with Crippen LogP contribution in [0.3, 0.4) is 0 Å². The number of benzene rings is 1. The summed E-state index contributed by atoms with van der Waals surface area (Å²) >= 11 is 7.07. The summed E-state index contributed by atoms with van der Waals surface area (Å²) in [5.41, 5.74) is 1.51. The highest BCUT2D eigenvalue weighted by Gasteiger charge is 2.01. The number of nitrogens with one attached hydrogen (secondary N) is 1. The van der Waals surface area contributed by atoms with Crippen LogP contribution in [-0.4, -0.2) is 4.98 Å². The molecule has 0 saturated heterocycles. The van der Waals surface area contributed by atoms with Crippen LogP contribution >= 0.6 is 22.9 Å². The second kappa shape index (κ2) is 4.59. The zero-order chi connectivity index (χ0) is 10.7. The molecule has 2 rings (SSSR count). The Bertz CT molecular complexity index is 458. The molecule has 1 aromatic carbocycles. The summed E-state index contributed by atoms with van der Waals surface area (Å²) < 4.78 is 12.9. The molecule has 0 amide bonds. The van der Waals surface area contributed by atoms with Crippen molar-refractivity contribution in [3.63, 3.8) is 0 Å². The van der Waals surface area contributed by atoms with Crippen molar-refractivity contribution in [2.24, 2.45) is 0 Å². The zero-order valence-corrected chi connectivity index (χ0v) is 9.28. The highest BCUT2D eigenvalue weighted by Crippen LogP contribution is 2.21. The van der Waals surface area contributed by atoms with E-state index in [4.69, 9.17) is 11.6 Å². The van der Waals surface area contributed by atoms with Gasteiger partial charge in [0.2, 0.25) is 0 Å². The molecule has 0 spiro atoms. The number of thiazole rings is 1. The van der Waals surface area contributed by atoms with Gasteiger partial charge in [0.05, 0.1) is 11.6 Å². The lowest BCUT2D eigenvalue weighted by Gasteiger charge is -2.01. The summed E-state index contributed by atoms with van der Waals surface area (Å²) in [7, 11) is 0. The lowest BCUT2D eigenvalue weighted by Crippen LogP contribution is -1.90. The number of hydrogen-bond acceptors (Lipinski definition) is 3. The number of anilines is 2. The fourth-order valence-electron chi connectivity index (χ4n) is 1.12. The molecule has 0 bridgehead atoms. The minimum absolute atomic E-state index is 0.269. The second-order valence-corrected chi connectivity index (χ2v) is 4.04. The maximum Gasteiger partial charge on any atom is 0.187 e. The van der Waals surface area contributed by atoms with Crippen LogP contribution in [0.25, 0.3) is 0 Å². The van der Waals surface area contributed by atoms with Crippen molar-refractivity contribution in [2.45, 2.75) is 5.88 Å². The molecule has 1 heterocycles. The summed E-state index contributed by atoms with van der Waals surface area (Å²) in [4.78, 5) is 4.21. The van der Waals surface area contributed by atoms with E-state index in [0.29, 0.717) is 11.6 Å². The number of hydrogen-bond donors (Lipinski definition) is 1. The molecule has 0 radical (unpaired) electrons. The maximum absolute atomic E-state index is 12.9. The normalized spacial score (nSPS) is 10.3. The first-order valence-corrected chi connectivity index (χ1v) is 5.72. The molecule has 0 fully saturated rings. The number of halogens is 2. The smallest absolute Gasteiger partial charge is 0.187 e. The molecule has 1 N–H and O–H groups in total. The molecule has 1 aromatic heterocycles. The van der Waals surface area contributed by atoms with Crippen LogP contribution in [0.4, 0.5) is 15.2 Å². The minimum Gasteiger partial charge on any atom is -0.331 e. The van der Waals surface area contributed by atoms with Gasteiger partial charge in [-0.1, -0.05) is 6.07 Å². The Hall–Kier alpha value is -1.13. The van der Waals surface area contributed by atoms with Gasteiger partial charge in [0.15, 0.2) is 5.13 Å². The van der Waals surface area contributed by atoms with Gasteiger partial charge in [-0.2, -0.15) is 0 Å². The Kier molecular flexibility index (Phi) is 3.18. The average Bonchev–Trinajstić information content (AvgIpc) is 2.65. The molecular formula is C10H8ClFN2S. The summed E-state index contributed by atoms with van der Waals surface area (Å²) in [6, 6.07) is 6.25. The first kappa shape index (κ1) is 10.4. The molecule has 0 atom stereocenters. The van der Waals surface area contributed by atoms with Gasteiger partial charge < -0.3 is 5.32 Å². The Morgan fingerprint density at radius 1 is 1.47 bits per heavy atom. The third-order valence-corrected chi connectivity index (χ3v) is 2.84. The van der Waals surface area contributed by atoms with Crippen molar-refractivity contribution < 1.29 is 4.39 Å². The lowest BCUT2D eigenvalue weighted by molar-refractivity contribution is 0.628. The Morgan fingerprint density at radius 3 is 3.00 bits per heavy atom. The molecular weight excluding hydrogens is 235 g/mol. The van der Waals surface area contributed by atoms with Gasteiger partial charge in [0.25, 0.3) is 0 Å². The molecule has 15 heavy (non-hydrogen) atoms. The highest BCUT2D eigenvalue weighted by atomic mass is 35.5. The van der Waals surface area contributed by atoms with E-state index in [9.17, 15) is 4.39 Å². The highest BCUT2D eigenvalue weighted by molar-refractivity contribution is 7.13. The molecule has 78 valence electrons.